The molecule has 1 amide bonds. The fraction of sp³-hybridized carbons (Fsp3) is 0.261. The van der Waals surface area contributed by atoms with Crippen molar-refractivity contribution in [2.45, 2.75) is 25.9 Å². The molecule has 7 heteroatoms. The maximum atomic E-state index is 12.3. The van der Waals surface area contributed by atoms with Gasteiger partial charge in [0.15, 0.2) is 11.7 Å². The molecule has 0 saturated heterocycles. The SMILES string of the molecule is N#CCc1ccc(OCC(=O)Nc2nc3c(s2)CN(Cc2ccccc2)CC3)cc1. The molecule has 3 aromatic rings. The Balaban J connectivity index is 1.28. The number of aromatic nitrogens is 1. The van der Waals surface area contributed by atoms with Crippen LogP contribution in [-0.4, -0.2) is 28.9 Å². The lowest BCUT2D eigenvalue weighted by Crippen LogP contribution is -2.29. The maximum Gasteiger partial charge on any atom is 0.264 e. The van der Waals surface area contributed by atoms with Crippen molar-refractivity contribution in [1.29, 1.82) is 5.26 Å². The predicted molar refractivity (Wildman–Crippen MR) is 116 cm³/mol. The highest BCUT2D eigenvalue weighted by Crippen LogP contribution is 2.29. The Labute approximate surface area is 179 Å². The molecule has 0 aliphatic carbocycles. The Hall–Kier alpha value is -3.21. The first kappa shape index (κ1) is 20.1. The summed E-state index contributed by atoms with van der Waals surface area (Å²) in [5.41, 5.74) is 3.30. The Morgan fingerprint density at radius 1 is 1.17 bits per heavy atom. The third-order valence-electron chi connectivity index (χ3n) is 4.88. The standard InChI is InChI=1S/C23H22N4O2S/c24-12-10-17-6-8-19(9-7-17)29-16-22(28)26-23-25-20-11-13-27(15-21(20)30-23)14-18-4-2-1-3-5-18/h1-9H,10-11,13-16H2,(H,25,26,28). The molecule has 0 spiro atoms. The van der Waals surface area contributed by atoms with Crippen LogP contribution in [0.5, 0.6) is 5.75 Å². The van der Waals surface area contributed by atoms with Crippen LogP contribution in [0.1, 0.15) is 21.7 Å². The summed E-state index contributed by atoms with van der Waals surface area (Å²) in [4.78, 5) is 20.5. The topological polar surface area (TPSA) is 78.2 Å². The molecule has 30 heavy (non-hydrogen) atoms. The first-order chi connectivity index (χ1) is 14.7. The highest BCUT2D eigenvalue weighted by Gasteiger charge is 2.21. The zero-order chi connectivity index (χ0) is 20.8. The lowest BCUT2D eigenvalue weighted by atomic mass is 10.1. The minimum absolute atomic E-state index is 0.0814. The summed E-state index contributed by atoms with van der Waals surface area (Å²) in [5, 5.41) is 12.2. The van der Waals surface area contributed by atoms with Crippen LogP contribution in [0.2, 0.25) is 0 Å². The van der Waals surface area contributed by atoms with Crippen molar-refractivity contribution < 1.29 is 9.53 Å². The van der Waals surface area contributed by atoms with Crippen molar-refractivity contribution >= 4 is 22.4 Å². The molecule has 6 nitrogen and oxygen atoms in total. The average Bonchev–Trinajstić information content (AvgIpc) is 3.15. The lowest BCUT2D eigenvalue weighted by molar-refractivity contribution is -0.118. The molecule has 0 atom stereocenters. The Kier molecular flexibility index (Phi) is 6.38. The van der Waals surface area contributed by atoms with Crippen LogP contribution in [0, 0.1) is 11.3 Å². The summed E-state index contributed by atoms with van der Waals surface area (Å²) < 4.78 is 5.53. The number of thiazole rings is 1. The summed E-state index contributed by atoms with van der Waals surface area (Å²) >= 11 is 1.54. The van der Waals surface area contributed by atoms with Gasteiger partial charge in [-0.05, 0) is 23.3 Å². The summed E-state index contributed by atoms with van der Waals surface area (Å²) in [6, 6.07) is 19.7. The highest BCUT2D eigenvalue weighted by molar-refractivity contribution is 7.15. The number of rotatable bonds is 7. The van der Waals surface area contributed by atoms with Gasteiger partial charge in [0.05, 0.1) is 18.2 Å². The van der Waals surface area contributed by atoms with Gasteiger partial charge in [-0.15, -0.1) is 11.3 Å². The zero-order valence-corrected chi connectivity index (χ0v) is 17.3. The van der Waals surface area contributed by atoms with Gasteiger partial charge in [-0.2, -0.15) is 5.26 Å². The van der Waals surface area contributed by atoms with Gasteiger partial charge in [0.2, 0.25) is 0 Å². The van der Waals surface area contributed by atoms with Crippen molar-refractivity contribution in [3.63, 3.8) is 0 Å². The normalized spacial score (nSPS) is 13.3. The monoisotopic (exact) mass is 418 g/mol. The second kappa shape index (κ2) is 9.53. The molecule has 2 heterocycles. The first-order valence-electron chi connectivity index (χ1n) is 9.83. The molecule has 152 valence electrons. The molecule has 0 radical (unpaired) electrons. The number of ether oxygens (including phenoxy) is 1. The highest BCUT2D eigenvalue weighted by atomic mass is 32.1. The molecular weight excluding hydrogens is 396 g/mol. The number of amides is 1. The molecule has 0 saturated carbocycles. The van der Waals surface area contributed by atoms with E-state index in [0.29, 0.717) is 17.3 Å². The third-order valence-corrected chi connectivity index (χ3v) is 5.88. The van der Waals surface area contributed by atoms with Crippen molar-refractivity contribution in [2.75, 3.05) is 18.5 Å². The molecule has 1 aliphatic heterocycles. The van der Waals surface area contributed by atoms with Gasteiger partial charge in [0, 0.05) is 30.9 Å². The second-order valence-electron chi connectivity index (χ2n) is 7.15. The summed E-state index contributed by atoms with van der Waals surface area (Å²) in [6.07, 6.45) is 1.25. The minimum Gasteiger partial charge on any atom is -0.484 e. The number of carbonyl (C=O) groups excluding carboxylic acids is 1. The molecule has 4 rings (SSSR count). The second-order valence-corrected chi connectivity index (χ2v) is 8.23. The van der Waals surface area contributed by atoms with E-state index in [1.807, 2.05) is 18.2 Å². The largest absolute Gasteiger partial charge is 0.484 e. The van der Waals surface area contributed by atoms with E-state index in [1.54, 1.807) is 12.1 Å². The van der Waals surface area contributed by atoms with Crippen LogP contribution in [-0.2, 0) is 30.7 Å². The van der Waals surface area contributed by atoms with Gasteiger partial charge in [0.25, 0.3) is 5.91 Å². The van der Waals surface area contributed by atoms with E-state index in [-0.39, 0.29) is 12.5 Å². The number of nitrogens with zero attached hydrogens (tertiary/aromatic N) is 3. The van der Waals surface area contributed by atoms with Crippen LogP contribution in [0.3, 0.4) is 0 Å². The fourth-order valence-electron chi connectivity index (χ4n) is 3.38. The van der Waals surface area contributed by atoms with E-state index >= 15 is 0 Å². The van der Waals surface area contributed by atoms with Crippen molar-refractivity contribution in [2.24, 2.45) is 0 Å². The van der Waals surface area contributed by atoms with E-state index in [0.717, 1.165) is 37.3 Å². The van der Waals surface area contributed by atoms with Crippen molar-refractivity contribution in [1.82, 2.24) is 9.88 Å². The zero-order valence-electron chi connectivity index (χ0n) is 16.5. The molecule has 0 unspecified atom stereocenters. The first-order valence-corrected chi connectivity index (χ1v) is 10.6. The quantitative estimate of drug-likeness (QED) is 0.632. The number of hydrogen-bond donors (Lipinski definition) is 1. The summed E-state index contributed by atoms with van der Waals surface area (Å²) in [7, 11) is 0. The van der Waals surface area contributed by atoms with Gasteiger partial charge in [0.1, 0.15) is 5.75 Å². The van der Waals surface area contributed by atoms with Crippen molar-refractivity contribution in [3.8, 4) is 11.8 Å². The third kappa shape index (κ3) is 5.23. The Morgan fingerprint density at radius 3 is 2.73 bits per heavy atom. The Bertz CT molecular complexity index is 1040. The van der Waals surface area contributed by atoms with Crippen LogP contribution in [0.15, 0.2) is 54.6 Å². The number of nitrogens with one attached hydrogen (secondary N) is 1. The molecule has 0 fully saturated rings. The minimum atomic E-state index is -0.233. The predicted octanol–water partition coefficient (Wildman–Crippen LogP) is 3.78. The maximum absolute atomic E-state index is 12.3. The molecular formula is C23H22N4O2S. The number of fused-ring (bicyclic) bond motifs is 1. The number of anilines is 1. The summed E-state index contributed by atoms with van der Waals surface area (Å²) in [6.45, 7) is 2.65. The van der Waals surface area contributed by atoms with E-state index in [4.69, 9.17) is 10.00 Å². The van der Waals surface area contributed by atoms with Gasteiger partial charge in [-0.25, -0.2) is 4.98 Å². The molecule has 1 aromatic heterocycles. The van der Waals surface area contributed by atoms with Crippen LogP contribution >= 0.6 is 11.3 Å². The van der Waals surface area contributed by atoms with Crippen LogP contribution in [0.25, 0.3) is 0 Å². The number of benzene rings is 2. The Morgan fingerprint density at radius 2 is 1.97 bits per heavy atom. The van der Waals surface area contributed by atoms with E-state index in [9.17, 15) is 4.79 Å². The van der Waals surface area contributed by atoms with E-state index in [2.05, 4.69) is 45.5 Å². The van der Waals surface area contributed by atoms with Gasteiger partial charge in [-0.1, -0.05) is 42.5 Å². The fourth-order valence-corrected chi connectivity index (χ4v) is 4.44. The van der Waals surface area contributed by atoms with E-state index in [1.165, 1.54) is 21.8 Å². The van der Waals surface area contributed by atoms with Crippen LogP contribution in [0.4, 0.5) is 5.13 Å². The molecule has 0 bridgehead atoms. The summed E-state index contributed by atoms with van der Waals surface area (Å²) in [5.74, 6) is 0.366. The van der Waals surface area contributed by atoms with Crippen molar-refractivity contribution in [3.05, 3.63) is 76.3 Å². The van der Waals surface area contributed by atoms with Gasteiger partial charge in [-0.3, -0.25) is 15.0 Å². The van der Waals surface area contributed by atoms with Crippen LogP contribution < -0.4 is 10.1 Å². The molecule has 2 aromatic carbocycles. The van der Waals surface area contributed by atoms with Gasteiger partial charge < -0.3 is 4.74 Å². The molecule has 1 aliphatic rings. The number of nitriles is 1. The van der Waals surface area contributed by atoms with E-state index < -0.39 is 0 Å². The number of carbonyl (C=O) groups is 1. The number of hydrogen-bond acceptors (Lipinski definition) is 6. The molecule has 1 N–H and O–H groups in total. The lowest BCUT2D eigenvalue weighted by Gasteiger charge is -2.25. The average molecular weight is 419 g/mol. The van der Waals surface area contributed by atoms with Gasteiger partial charge >= 0.3 is 0 Å². The smallest absolute Gasteiger partial charge is 0.264 e.